The van der Waals surface area contributed by atoms with E-state index < -0.39 is 0 Å². The highest BCUT2D eigenvalue weighted by Gasteiger charge is 2.37. The highest BCUT2D eigenvalue weighted by molar-refractivity contribution is 6.02. The van der Waals surface area contributed by atoms with Crippen molar-refractivity contribution in [3.8, 4) is 28.2 Å². The van der Waals surface area contributed by atoms with Crippen LogP contribution in [0.5, 0.6) is 0 Å². The van der Waals surface area contributed by atoms with Crippen LogP contribution >= 0.6 is 0 Å². The van der Waals surface area contributed by atoms with E-state index in [2.05, 4.69) is 184 Å². The molecule has 7 aromatic rings. The fourth-order valence-electron chi connectivity index (χ4n) is 8.45. The third-order valence-electron chi connectivity index (χ3n) is 10.8. The molecular weight excluding hydrogens is 651 g/mol. The van der Waals surface area contributed by atoms with Crippen LogP contribution in [0.25, 0.3) is 34.3 Å². The number of nitrogens with one attached hydrogen (secondary N) is 2. The van der Waals surface area contributed by atoms with Gasteiger partial charge in [0.1, 0.15) is 11.5 Å². The normalized spacial score (nSPS) is 19.1. The van der Waals surface area contributed by atoms with Crippen LogP contribution in [0.4, 0.5) is 17.2 Å². The smallest absolute Gasteiger partial charge is 0.132 e. The van der Waals surface area contributed by atoms with Gasteiger partial charge in [-0.2, -0.15) is 0 Å². The van der Waals surface area contributed by atoms with Crippen LogP contribution in [0.2, 0.25) is 0 Å². The van der Waals surface area contributed by atoms with Crippen molar-refractivity contribution in [3.63, 3.8) is 0 Å². The van der Waals surface area contributed by atoms with Gasteiger partial charge in [0.2, 0.25) is 0 Å². The van der Waals surface area contributed by atoms with Crippen LogP contribution in [0.15, 0.2) is 158 Å². The standard InChI is InChI=1S/C46H39N7/c1-51-44(32-18-7-3-8-19-32)49-43(31-16-5-2-6-17-31)50-45(51)33-20-15-23-35(30-33)53-38-26-13-11-24-36(38)40-42-41(47-28-29-48-42)37-25-12-14-27-39(37)52(46(40)53)34-21-9-4-10-22-34/h2-10,12-23,25-30,43-45,49-50H,11,24H2,1H3. The summed E-state index contributed by atoms with van der Waals surface area (Å²) < 4.78 is 2.46. The van der Waals surface area contributed by atoms with Gasteiger partial charge in [-0.15, -0.1) is 0 Å². The fourth-order valence-corrected chi connectivity index (χ4v) is 8.45. The number of fused-ring (bicyclic) bond motifs is 7. The quantitative estimate of drug-likeness (QED) is 0.188. The maximum Gasteiger partial charge on any atom is 0.132 e. The van der Waals surface area contributed by atoms with E-state index >= 15 is 0 Å². The average molecular weight is 690 g/mol. The lowest BCUT2D eigenvalue weighted by molar-refractivity contribution is 0.0416. The van der Waals surface area contributed by atoms with E-state index in [0.717, 1.165) is 58.2 Å². The number of anilines is 3. The van der Waals surface area contributed by atoms with Crippen molar-refractivity contribution in [3.05, 3.63) is 186 Å². The molecule has 2 N–H and O–H groups in total. The molecule has 0 spiro atoms. The molecule has 258 valence electrons. The molecule has 1 saturated heterocycles. The maximum absolute atomic E-state index is 5.09. The van der Waals surface area contributed by atoms with E-state index in [4.69, 9.17) is 9.97 Å². The third kappa shape index (κ3) is 5.32. The molecule has 7 heteroatoms. The topological polar surface area (TPSA) is 61.2 Å². The molecule has 53 heavy (non-hydrogen) atoms. The minimum Gasteiger partial charge on any atom is -0.295 e. The van der Waals surface area contributed by atoms with Gasteiger partial charge in [-0.25, -0.2) is 0 Å². The number of aromatic nitrogens is 3. The van der Waals surface area contributed by atoms with Crippen molar-refractivity contribution >= 4 is 23.3 Å². The number of rotatable bonds is 5. The predicted octanol–water partition coefficient (Wildman–Crippen LogP) is 9.86. The Morgan fingerprint density at radius 1 is 0.623 bits per heavy atom. The van der Waals surface area contributed by atoms with Gasteiger partial charge < -0.3 is 0 Å². The number of para-hydroxylation sites is 2. The second-order valence-electron chi connectivity index (χ2n) is 13.9. The number of allylic oxidation sites excluding steroid dienone is 1. The van der Waals surface area contributed by atoms with Crippen LogP contribution in [0, 0.1) is 0 Å². The van der Waals surface area contributed by atoms with Crippen LogP contribution in [0.1, 0.15) is 52.9 Å². The van der Waals surface area contributed by atoms with Crippen molar-refractivity contribution in [1.29, 1.82) is 0 Å². The molecular formula is C46H39N7. The number of nitrogens with zero attached hydrogens (tertiary/aromatic N) is 5. The highest BCUT2D eigenvalue weighted by Crippen LogP contribution is 2.54. The van der Waals surface area contributed by atoms with Crippen LogP contribution in [0.3, 0.4) is 0 Å². The Morgan fingerprint density at radius 2 is 1.25 bits per heavy atom. The first-order valence-corrected chi connectivity index (χ1v) is 18.4. The molecule has 1 aliphatic carbocycles. The zero-order valence-electron chi connectivity index (χ0n) is 29.5. The van der Waals surface area contributed by atoms with Gasteiger partial charge in [-0.3, -0.25) is 35.0 Å². The lowest BCUT2D eigenvalue weighted by atomic mass is 9.96. The molecule has 5 aromatic carbocycles. The Labute approximate surface area is 309 Å². The van der Waals surface area contributed by atoms with E-state index in [9.17, 15) is 0 Å². The summed E-state index contributed by atoms with van der Waals surface area (Å²) in [6.45, 7) is 0. The summed E-state index contributed by atoms with van der Waals surface area (Å²) in [6, 6.07) is 49.8. The van der Waals surface area contributed by atoms with E-state index in [0.29, 0.717) is 0 Å². The largest absolute Gasteiger partial charge is 0.295 e. The predicted molar refractivity (Wildman–Crippen MR) is 213 cm³/mol. The third-order valence-corrected chi connectivity index (χ3v) is 10.8. The number of hydrogen-bond acceptors (Lipinski definition) is 6. The van der Waals surface area contributed by atoms with E-state index in [1.54, 1.807) is 0 Å². The van der Waals surface area contributed by atoms with Crippen molar-refractivity contribution in [2.45, 2.75) is 31.3 Å². The zero-order chi connectivity index (χ0) is 35.3. The minimum atomic E-state index is -0.0790. The summed E-state index contributed by atoms with van der Waals surface area (Å²) in [6.07, 6.45) is 10.0. The minimum absolute atomic E-state index is 0.00462. The van der Waals surface area contributed by atoms with Crippen molar-refractivity contribution < 1.29 is 0 Å². The summed E-state index contributed by atoms with van der Waals surface area (Å²) in [4.78, 5) is 14.9. The lowest BCUT2D eigenvalue weighted by Gasteiger charge is -2.45. The second kappa shape index (κ2) is 13.1. The first-order valence-electron chi connectivity index (χ1n) is 18.4. The molecule has 0 saturated carbocycles. The summed E-state index contributed by atoms with van der Waals surface area (Å²) in [7, 11) is 2.20. The second-order valence-corrected chi connectivity index (χ2v) is 13.9. The summed E-state index contributed by atoms with van der Waals surface area (Å²) in [5.41, 5.74) is 13.4. The molecule has 7 nitrogen and oxygen atoms in total. The monoisotopic (exact) mass is 689 g/mol. The van der Waals surface area contributed by atoms with Gasteiger partial charge in [0.05, 0.1) is 35.6 Å². The maximum atomic E-state index is 5.09. The summed E-state index contributed by atoms with van der Waals surface area (Å²) in [5.74, 6) is 1.08. The molecule has 2 aliphatic heterocycles. The van der Waals surface area contributed by atoms with Gasteiger partial charge >= 0.3 is 0 Å². The van der Waals surface area contributed by atoms with E-state index in [-0.39, 0.29) is 18.5 Å². The van der Waals surface area contributed by atoms with Crippen LogP contribution in [-0.4, -0.2) is 26.5 Å². The number of hydrogen-bond donors (Lipinski definition) is 2. The van der Waals surface area contributed by atoms with Gasteiger partial charge in [-0.1, -0.05) is 115 Å². The lowest BCUT2D eigenvalue weighted by Crippen LogP contribution is -2.54. The van der Waals surface area contributed by atoms with E-state index in [1.165, 1.54) is 27.9 Å². The Morgan fingerprint density at radius 3 is 2.02 bits per heavy atom. The molecule has 10 rings (SSSR count). The van der Waals surface area contributed by atoms with Crippen molar-refractivity contribution in [1.82, 2.24) is 30.1 Å². The average Bonchev–Trinajstić information content (AvgIpc) is 3.50. The Bertz CT molecular complexity index is 2460. The van der Waals surface area contributed by atoms with Gasteiger partial charge in [-0.05, 0) is 78.6 Å². The first kappa shape index (κ1) is 31.6. The molecule has 0 bridgehead atoms. The Kier molecular flexibility index (Phi) is 7.83. The first-order chi connectivity index (χ1) is 26.2. The Hall–Kier alpha value is -6.12. The summed E-state index contributed by atoms with van der Waals surface area (Å²) >= 11 is 0. The molecule has 1 fully saturated rings. The highest BCUT2D eigenvalue weighted by atomic mass is 15.4. The van der Waals surface area contributed by atoms with Crippen molar-refractivity contribution in [2.24, 2.45) is 0 Å². The molecule has 3 atom stereocenters. The van der Waals surface area contributed by atoms with Crippen LogP contribution < -0.4 is 15.5 Å². The number of benzene rings is 5. The fraction of sp³-hybridized carbons (Fsp3) is 0.130. The SMILES string of the molecule is CN1C(c2ccccc2)NC(c2ccccc2)NC1c1cccc(-n2c3c(c4c2N(c2ccccc2)c2ccccc2-c2nccnc2-4)CCC=C3)c1. The van der Waals surface area contributed by atoms with Gasteiger partial charge in [0, 0.05) is 34.9 Å². The van der Waals surface area contributed by atoms with Crippen LogP contribution in [-0.2, 0) is 6.42 Å². The van der Waals surface area contributed by atoms with Gasteiger partial charge in [0.15, 0.2) is 0 Å². The van der Waals surface area contributed by atoms with Crippen molar-refractivity contribution in [2.75, 3.05) is 11.9 Å². The van der Waals surface area contributed by atoms with Gasteiger partial charge in [0.25, 0.3) is 0 Å². The van der Waals surface area contributed by atoms with E-state index in [1.807, 2.05) is 12.4 Å². The summed E-state index contributed by atoms with van der Waals surface area (Å²) in [5, 5.41) is 7.86. The zero-order valence-corrected chi connectivity index (χ0v) is 29.5. The molecule has 4 heterocycles. The molecule has 0 radical (unpaired) electrons. The molecule has 0 amide bonds. The molecule has 3 aliphatic rings. The molecule has 3 unspecified atom stereocenters. The Balaban J connectivity index is 1.19. The molecule has 2 aromatic heterocycles.